The van der Waals surface area contributed by atoms with Gasteiger partial charge in [0.25, 0.3) is 0 Å². The Morgan fingerprint density at radius 3 is 2.94 bits per heavy atom. The number of anilines is 1. The van der Waals surface area contributed by atoms with Crippen LogP contribution in [-0.2, 0) is 13.0 Å². The molecular formula is C26H35N7. The van der Waals surface area contributed by atoms with E-state index < -0.39 is 0 Å². The van der Waals surface area contributed by atoms with Gasteiger partial charge in [-0.1, -0.05) is 19.1 Å². The van der Waals surface area contributed by atoms with Crippen LogP contribution in [0.15, 0.2) is 41.5 Å². The average Bonchev–Trinajstić information content (AvgIpc) is 3.47. The number of nitrogens with one attached hydrogen (secondary N) is 1. The van der Waals surface area contributed by atoms with Gasteiger partial charge in [0.1, 0.15) is 11.5 Å². The first-order valence-electron chi connectivity index (χ1n) is 12.3. The summed E-state index contributed by atoms with van der Waals surface area (Å²) in [6.07, 6.45) is 8.56. The van der Waals surface area contributed by atoms with Crippen LogP contribution in [-0.4, -0.2) is 65.3 Å². The largest absolute Gasteiger partial charge is 0.356 e. The molecule has 33 heavy (non-hydrogen) atoms. The second-order valence-corrected chi connectivity index (χ2v) is 9.15. The zero-order valence-corrected chi connectivity index (χ0v) is 20.0. The Kier molecular flexibility index (Phi) is 6.42. The predicted octanol–water partition coefficient (Wildman–Crippen LogP) is 3.48. The third kappa shape index (κ3) is 4.15. The predicted molar refractivity (Wildman–Crippen MR) is 134 cm³/mol. The molecule has 0 radical (unpaired) electrons. The van der Waals surface area contributed by atoms with Crippen LogP contribution in [0.1, 0.15) is 54.9 Å². The van der Waals surface area contributed by atoms with E-state index in [1.54, 1.807) is 0 Å². The fourth-order valence-corrected chi connectivity index (χ4v) is 5.54. The fraction of sp³-hybridized carbons (Fsp3) is 0.500. The van der Waals surface area contributed by atoms with Gasteiger partial charge in [0.2, 0.25) is 0 Å². The van der Waals surface area contributed by atoms with Gasteiger partial charge in [-0.25, -0.2) is 4.98 Å². The minimum absolute atomic E-state index is 0.339. The van der Waals surface area contributed by atoms with Crippen LogP contribution >= 0.6 is 0 Å². The Labute approximate surface area is 196 Å². The molecule has 1 saturated heterocycles. The molecule has 1 fully saturated rings. The number of aryl methyl sites for hydroxylation is 1. The van der Waals surface area contributed by atoms with Crippen LogP contribution in [0, 0.1) is 0 Å². The van der Waals surface area contributed by atoms with Crippen molar-refractivity contribution in [3.8, 4) is 0 Å². The van der Waals surface area contributed by atoms with E-state index >= 15 is 0 Å². The number of nitrogens with zero attached hydrogens (tertiary/aromatic N) is 6. The van der Waals surface area contributed by atoms with Gasteiger partial charge in [0, 0.05) is 45.1 Å². The summed E-state index contributed by atoms with van der Waals surface area (Å²) in [6.45, 7) is 6.05. The molecule has 1 N–H and O–H groups in total. The molecule has 1 aliphatic carbocycles. The fourth-order valence-electron chi connectivity index (χ4n) is 5.54. The summed E-state index contributed by atoms with van der Waals surface area (Å²) in [5.74, 6) is 1.20. The highest BCUT2D eigenvalue weighted by Gasteiger charge is 2.29. The van der Waals surface area contributed by atoms with E-state index in [0.717, 1.165) is 62.5 Å². The quantitative estimate of drug-likeness (QED) is 0.564. The lowest BCUT2D eigenvalue weighted by molar-refractivity contribution is 0.173. The van der Waals surface area contributed by atoms with Crippen molar-refractivity contribution in [2.45, 2.75) is 51.2 Å². The van der Waals surface area contributed by atoms with Crippen molar-refractivity contribution in [1.82, 2.24) is 24.6 Å². The van der Waals surface area contributed by atoms with Gasteiger partial charge in [-0.3, -0.25) is 19.3 Å². The minimum Gasteiger partial charge on any atom is -0.356 e. The zero-order valence-electron chi connectivity index (χ0n) is 20.0. The van der Waals surface area contributed by atoms with Gasteiger partial charge >= 0.3 is 0 Å². The number of likely N-dealkylation sites (N-methyl/N-ethyl adjacent to an activating group) is 1. The number of aliphatic imine (C=N–C) groups is 1. The second-order valence-electron chi connectivity index (χ2n) is 9.15. The third-order valence-corrected chi connectivity index (χ3v) is 7.27. The van der Waals surface area contributed by atoms with Gasteiger partial charge in [-0.15, -0.1) is 0 Å². The number of imidazole rings is 1. The van der Waals surface area contributed by atoms with E-state index in [0.29, 0.717) is 12.1 Å². The maximum Gasteiger partial charge on any atom is 0.139 e. The first-order valence-corrected chi connectivity index (χ1v) is 12.3. The topological polar surface area (TPSA) is 61.1 Å². The number of aromatic nitrogens is 3. The summed E-state index contributed by atoms with van der Waals surface area (Å²) < 4.78 is 2.29. The molecule has 174 valence electrons. The maximum atomic E-state index is 5.11. The highest BCUT2D eigenvalue weighted by Crippen LogP contribution is 2.34. The van der Waals surface area contributed by atoms with Crippen LogP contribution in [0.25, 0.3) is 5.65 Å². The van der Waals surface area contributed by atoms with Gasteiger partial charge in [0.15, 0.2) is 0 Å². The Bertz CT molecular complexity index is 1130. The van der Waals surface area contributed by atoms with Gasteiger partial charge < -0.3 is 10.2 Å². The summed E-state index contributed by atoms with van der Waals surface area (Å²) in [4.78, 5) is 19.3. The summed E-state index contributed by atoms with van der Waals surface area (Å²) in [5.41, 5.74) is 5.81. The van der Waals surface area contributed by atoms with Crippen molar-refractivity contribution < 1.29 is 0 Å². The lowest BCUT2D eigenvalue weighted by Crippen LogP contribution is -2.32. The van der Waals surface area contributed by atoms with Gasteiger partial charge in [-0.2, -0.15) is 0 Å². The number of pyridine rings is 2. The summed E-state index contributed by atoms with van der Waals surface area (Å²) in [7, 11) is 3.90. The molecule has 0 spiro atoms. The number of hydrogen-bond acceptors (Lipinski definition) is 6. The summed E-state index contributed by atoms with van der Waals surface area (Å²) in [5, 5.41) is 3.43. The van der Waals surface area contributed by atoms with Gasteiger partial charge in [0.05, 0.1) is 23.1 Å². The van der Waals surface area contributed by atoms with E-state index in [-0.39, 0.29) is 0 Å². The smallest absolute Gasteiger partial charge is 0.139 e. The highest BCUT2D eigenvalue weighted by molar-refractivity contribution is 5.82. The highest BCUT2D eigenvalue weighted by atomic mass is 15.3. The van der Waals surface area contributed by atoms with E-state index in [1.807, 2.05) is 19.5 Å². The second kappa shape index (κ2) is 9.61. The average molecular weight is 446 g/mol. The third-order valence-electron chi connectivity index (χ3n) is 7.27. The molecule has 3 aromatic rings. The number of hydrogen-bond donors (Lipinski definition) is 1. The van der Waals surface area contributed by atoms with E-state index in [4.69, 9.17) is 9.97 Å². The van der Waals surface area contributed by atoms with E-state index in [2.05, 4.69) is 68.8 Å². The van der Waals surface area contributed by atoms with Crippen LogP contribution in [0.5, 0.6) is 0 Å². The molecule has 0 unspecified atom stereocenters. The molecule has 0 aromatic carbocycles. The summed E-state index contributed by atoms with van der Waals surface area (Å²) >= 11 is 0. The van der Waals surface area contributed by atoms with Crippen LogP contribution in [0.4, 0.5) is 5.82 Å². The molecule has 1 aliphatic heterocycles. The molecular weight excluding hydrogens is 410 g/mol. The monoisotopic (exact) mass is 445 g/mol. The molecule has 0 saturated carbocycles. The zero-order chi connectivity index (χ0) is 22.8. The van der Waals surface area contributed by atoms with Crippen molar-refractivity contribution in [2.24, 2.45) is 4.99 Å². The molecule has 2 aliphatic rings. The molecule has 2 atom stereocenters. The lowest BCUT2D eigenvalue weighted by Gasteiger charge is -2.34. The van der Waals surface area contributed by atoms with Crippen molar-refractivity contribution in [3.63, 3.8) is 0 Å². The Balaban J connectivity index is 1.52. The minimum atomic E-state index is 0.339. The Morgan fingerprint density at radius 2 is 2.15 bits per heavy atom. The van der Waals surface area contributed by atoms with E-state index in [9.17, 15) is 0 Å². The number of rotatable bonds is 7. The Morgan fingerprint density at radius 1 is 1.24 bits per heavy atom. The molecule has 3 aromatic heterocycles. The van der Waals surface area contributed by atoms with Crippen molar-refractivity contribution in [2.75, 3.05) is 38.6 Å². The first kappa shape index (κ1) is 22.0. The molecule has 0 bridgehead atoms. The lowest BCUT2D eigenvalue weighted by atomic mass is 9.90. The maximum absolute atomic E-state index is 5.11. The van der Waals surface area contributed by atoms with Crippen LogP contribution in [0.3, 0.4) is 0 Å². The summed E-state index contributed by atoms with van der Waals surface area (Å²) in [6, 6.07) is 11.6. The Hall–Kier alpha value is -2.77. The SMILES string of the molecule is CCN(Cc1nc2cccc(N3CC[C@@H](NC)C3)n2c1C=NC)[C@H]1CCCc2cccnc21. The molecule has 5 rings (SSSR count). The van der Waals surface area contributed by atoms with Crippen molar-refractivity contribution in [1.29, 1.82) is 0 Å². The standard InChI is InChI=1S/C26H35N7/c1-4-31(22-10-5-8-19-9-7-14-29-26(19)22)18-21-23(16-27-2)33-24(30-21)11-6-12-25(33)32-15-13-20(17-32)28-3/h6-7,9,11-12,14,16,20,22,28H,4-5,8,10,13,15,17-18H2,1-3H3/t20-,22+/m1/s1. The van der Waals surface area contributed by atoms with Crippen LogP contribution in [0.2, 0.25) is 0 Å². The molecule has 0 amide bonds. The van der Waals surface area contributed by atoms with Crippen molar-refractivity contribution >= 4 is 17.7 Å². The van der Waals surface area contributed by atoms with Crippen molar-refractivity contribution in [3.05, 3.63) is 59.2 Å². The number of fused-ring (bicyclic) bond motifs is 2. The first-order chi connectivity index (χ1) is 16.2. The van der Waals surface area contributed by atoms with E-state index in [1.165, 1.54) is 23.5 Å². The van der Waals surface area contributed by atoms with Gasteiger partial charge in [-0.05, 0) is 63.0 Å². The molecule has 7 heteroatoms. The van der Waals surface area contributed by atoms with Crippen LogP contribution < -0.4 is 10.2 Å². The molecule has 4 heterocycles. The normalized spacial score (nSPS) is 20.9. The molecule has 7 nitrogen and oxygen atoms in total.